The van der Waals surface area contributed by atoms with Gasteiger partial charge in [-0.05, 0) is 57.1 Å². The summed E-state index contributed by atoms with van der Waals surface area (Å²) in [7, 11) is 0. The lowest BCUT2D eigenvalue weighted by molar-refractivity contribution is 0.986. The normalized spacial score (nSPS) is 10.5. The summed E-state index contributed by atoms with van der Waals surface area (Å²) in [5.41, 5.74) is 7.55. The number of rotatable bonds is 2. The van der Waals surface area contributed by atoms with Crippen molar-refractivity contribution in [2.24, 2.45) is 0 Å². The first kappa shape index (κ1) is 12.7. The van der Waals surface area contributed by atoms with Crippen LogP contribution in [0.4, 0.5) is 5.82 Å². The van der Waals surface area contributed by atoms with Crippen LogP contribution < -0.4 is 5.73 Å². The summed E-state index contributed by atoms with van der Waals surface area (Å²) in [6.45, 7) is 2.04. The van der Waals surface area contributed by atoms with Crippen molar-refractivity contribution in [2.45, 2.75) is 13.3 Å². The van der Waals surface area contributed by atoms with E-state index in [4.69, 9.17) is 5.73 Å². The molecule has 0 unspecified atom stereocenters. The zero-order valence-electron chi connectivity index (χ0n) is 9.11. The number of nitrogens with two attached hydrogens (primary N) is 1. The van der Waals surface area contributed by atoms with Crippen molar-refractivity contribution in [3.8, 4) is 11.5 Å². The summed E-state index contributed by atoms with van der Waals surface area (Å²) < 4.78 is 1.78. The fourth-order valence-corrected chi connectivity index (χ4v) is 2.46. The highest BCUT2D eigenvalue weighted by Gasteiger charge is 2.12. The molecule has 17 heavy (non-hydrogen) atoms. The highest BCUT2D eigenvalue weighted by Crippen LogP contribution is 2.26. The maximum Gasteiger partial charge on any atom is 0.181 e. The molecule has 4 nitrogen and oxygen atoms in total. The van der Waals surface area contributed by atoms with Gasteiger partial charge < -0.3 is 5.73 Å². The molecule has 0 aliphatic carbocycles. The highest BCUT2D eigenvalue weighted by atomic mass is 127. The van der Waals surface area contributed by atoms with E-state index in [2.05, 4.69) is 53.5 Å². The molecule has 0 spiro atoms. The molecule has 0 aromatic carbocycles. The van der Waals surface area contributed by atoms with Gasteiger partial charge in [0.1, 0.15) is 11.5 Å². The van der Waals surface area contributed by atoms with Crippen LogP contribution in [-0.2, 0) is 6.42 Å². The van der Waals surface area contributed by atoms with Gasteiger partial charge in [0.25, 0.3) is 0 Å². The molecule has 2 aromatic rings. The first-order valence-corrected chi connectivity index (χ1v) is 6.93. The lowest BCUT2D eigenvalue weighted by Gasteiger charge is -2.07. The number of pyridine rings is 1. The van der Waals surface area contributed by atoms with Gasteiger partial charge in [-0.15, -0.1) is 0 Å². The van der Waals surface area contributed by atoms with Gasteiger partial charge in [0.15, 0.2) is 5.82 Å². The Hall–Kier alpha value is -0.760. The van der Waals surface area contributed by atoms with Crippen LogP contribution in [0.25, 0.3) is 11.5 Å². The van der Waals surface area contributed by atoms with E-state index in [0.29, 0.717) is 17.3 Å². The Morgan fingerprint density at radius 2 is 2.18 bits per heavy atom. The number of anilines is 1. The molecule has 0 atom stereocenters. The quantitative estimate of drug-likeness (QED) is 0.781. The Morgan fingerprint density at radius 3 is 2.82 bits per heavy atom. The maximum absolute atomic E-state index is 5.88. The highest BCUT2D eigenvalue weighted by molar-refractivity contribution is 14.1. The molecule has 2 aromatic heterocycles. The van der Waals surface area contributed by atoms with Crippen LogP contribution in [0, 0.1) is 3.57 Å². The molecule has 0 saturated carbocycles. The van der Waals surface area contributed by atoms with E-state index < -0.39 is 0 Å². The van der Waals surface area contributed by atoms with E-state index in [9.17, 15) is 0 Å². The fraction of sp³-hybridized carbons (Fsp3) is 0.182. The van der Waals surface area contributed by atoms with E-state index in [-0.39, 0.29) is 0 Å². The molecule has 0 aliphatic heterocycles. The number of aromatic nitrogens is 3. The second-order valence-corrected chi connectivity index (χ2v) is 5.31. The Labute approximate surface area is 121 Å². The number of aryl methyl sites for hydroxylation is 1. The molecule has 0 radical (unpaired) electrons. The first-order valence-electron chi connectivity index (χ1n) is 5.06. The summed E-state index contributed by atoms with van der Waals surface area (Å²) in [6, 6.07) is 3.76. The van der Waals surface area contributed by atoms with Gasteiger partial charge in [-0.2, -0.15) is 0 Å². The number of nitrogen functional groups attached to an aromatic ring is 1. The van der Waals surface area contributed by atoms with Crippen LogP contribution in [0.1, 0.15) is 12.6 Å². The number of nitrogens with zero attached hydrogens (tertiary/aromatic N) is 3. The predicted octanol–water partition coefficient (Wildman–Crippen LogP) is 3.05. The zero-order valence-corrected chi connectivity index (χ0v) is 12.9. The van der Waals surface area contributed by atoms with Gasteiger partial charge in [-0.3, -0.25) is 4.98 Å². The molecule has 6 heteroatoms. The van der Waals surface area contributed by atoms with Crippen molar-refractivity contribution < 1.29 is 0 Å². The van der Waals surface area contributed by atoms with E-state index in [0.717, 1.165) is 20.2 Å². The van der Waals surface area contributed by atoms with Crippen LogP contribution in [-0.4, -0.2) is 15.0 Å². The number of hydrogen-bond donors (Lipinski definition) is 1. The lowest BCUT2D eigenvalue weighted by atomic mass is 10.3. The third kappa shape index (κ3) is 2.57. The van der Waals surface area contributed by atoms with Crippen molar-refractivity contribution in [1.82, 2.24) is 15.0 Å². The summed E-state index contributed by atoms with van der Waals surface area (Å²) >= 11 is 5.60. The van der Waals surface area contributed by atoms with Crippen LogP contribution >= 0.6 is 38.5 Å². The van der Waals surface area contributed by atoms with Crippen LogP contribution in [0.5, 0.6) is 0 Å². The van der Waals surface area contributed by atoms with E-state index in [1.807, 2.05) is 19.1 Å². The molecule has 0 aliphatic rings. The Morgan fingerprint density at radius 1 is 1.41 bits per heavy atom. The zero-order chi connectivity index (χ0) is 12.4. The van der Waals surface area contributed by atoms with Crippen molar-refractivity contribution in [3.05, 3.63) is 32.1 Å². The van der Waals surface area contributed by atoms with Crippen molar-refractivity contribution in [2.75, 3.05) is 5.73 Å². The van der Waals surface area contributed by atoms with Gasteiger partial charge in [0.05, 0.1) is 9.26 Å². The maximum atomic E-state index is 5.88. The smallest absolute Gasteiger partial charge is 0.181 e. The summed E-state index contributed by atoms with van der Waals surface area (Å²) in [5.74, 6) is 1.07. The molecule has 88 valence electrons. The first-order chi connectivity index (χ1) is 8.13. The summed E-state index contributed by atoms with van der Waals surface area (Å²) in [4.78, 5) is 13.0. The van der Waals surface area contributed by atoms with Gasteiger partial charge in [0, 0.05) is 10.7 Å². The standard InChI is InChI=1S/C11H10BrIN4/c1-2-7-8(13)10(14)17-11(16-7)9-6(12)4-3-5-15-9/h3-5H,2H2,1H3,(H2,14,16,17). The topological polar surface area (TPSA) is 64.7 Å². The fourth-order valence-electron chi connectivity index (χ4n) is 1.40. The Bertz CT molecular complexity index is 559. The third-order valence-corrected chi connectivity index (χ3v) is 4.07. The van der Waals surface area contributed by atoms with Gasteiger partial charge in [-0.25, -0.2) is 9.97 Å². The molecule has 2 rings (SSSR count). The molecular weight excluding hydrogens is 395 g/mol. The van der Waals surface area contributed by atoms with Gasteiger partial charge >= 0.3 is 0 Å². The second-order valence-electron chi connectivity index (χ2n) is 3.38. The number of halogens is 2. The SMILES string of the molecule is CCc1nc(-c2ncccc2Br)nc(N)c1I. The molecule has 0 amide bonds. The lowest BCUT2D eigenvalue weighted by Crippen LogP contribution is -2.05. The molecule has 0 saturated heterocycles. The third-order valence-electron chi connectivity index (χ3n) is 2.25. The monoisotopic (exact) mass is 404 g/mol. The minimum Gasteiger partial charge on any atom is -0.383 e. The molecule has 2 N–H and O–H groups in total. The van der Waals surface area contributed by atoms with Crippen LogP contribution in [0.15, 0.2) is 22.8 Å². The molecule has 0 fully saturated rings. The average Bonchev–Trinajstić information content (AvgIpc) is 2.33. The molecule has 0 bridgehead atoms. The Balaban J connectivity index is 2.61. The van der Waals surface area contributed by atoms with Crippen molar-refractivity contribution in [1.29, 1.82) is 0 Å². The van der Waals surface area contributed by atoms with E-state index >= 15 is 0 Å². The van der Waals surface area contributed by atoms with Crippen LogP contribution in [0.2, 0.25) is 0 Å². The largest absolute Gasteiger partial charge is 0.383 e. The van der Waals surface area contributed by atoms with Gasteiger partial charge in [0.2, 0.25) is 0 Å². The van der Waals surface area contributed by atoms with Crippen molar-refractivity contribution >= 4 is 44.3 Å². The van der Waals surface area contributed by atoms with Crippen LogP contribution in [0.3, 0.4) is 0 Å². The Kier molecular flexibility index (Phi) is 3.93. The van der Waals surface area contributed by atoms with E-state index in [1.165, 1.54) is 0 Å². The van der Waals surface area contributed by atoms with Crippen molar-refractivity contribution in [3.63, 3.8) is 0 Å². The minimum absolute atomic E-state index is 0.505. The molecular formula is C11H10BrIN4. The van der Waals surface area contributed by atoms with Gasteiger partial charge in [-0.1, -0.05) is 6.92 Å². The van der Waals surface area contributed by atoms with E-state index in [1.54, 1.807) is 6.20 Å². The minimum atomic E-state index is 0.505. The number of hydrogen-bond acceptors (Lipinski definition) is 4. The average molecular weight is 405 g/mol. The summed E-state index contributed by atoms with van der Waals surface area (Å²) in [5, 5.41) is 0. The predicted molar refractivity (Wildman–Crippen MR) is 79.5 cm³/mol. The molecule has 2 heterocycles. The summed E-state index contributed by atoms with van der Waals surface area (Å²) in [6.07, 6.45) is 2.53. The second kappa shape index (κ2) is 5.26.